The molecule has 0 radical (unpaired) electrons. The maximum absolute atomic E-state index is 12.9. The summed E-state index contributed by atoms with van der Waals surface area (Å²) in [5.41, 5.74) is -10.6. The fourth-order valence-electron chi connectivity index (χ4n) is 2.78. The van der Waals surface area contributed by atoms with Gasteiger partial charge in [-0.05, 0) is 18.7 Å². The van der Waals surface area contributed by atoms with E-state index in [0.29, 0.717) is 5.56 Å². The van der Waals surface area contributed by atoms with Gasteiger partial charge < -0.3 is 21.8 Å². The van der Waals surface area contributed by atoms with Crippen molar-refractivity contribution in [2.75, 3.05) is 13.1 Å². The Morgan fingerprint density at radius 2 is 1.08 bits per heavy atom. The van der Waals surface area contributed by atoms with E-state index >= 15 is 0 Å². The van der Waals surface area contributed by atoms with Crippen LogP contribution in [-0.2, 0) is 26.6 Å². The molecular formula is C20H30AlF6N3O4S2. The second-order valence-electron chi connectivity index (χ2n) is 8.35. The monoisotopic (exact) mass is 581 g/mol. The molecule has 0 unspecified atom stereocenters. The van der Waals surface area contributed by atoms with E-state index in [9.17, 15) is 43.2 Å². The normalized spacial score (nSPS) is 14.9. The Hall–Kier alpha value is -0.888. The number of halogens is 6. The molecule has 1 rings (SSSR count). The van der Waals surface area contributed by atoms with Crippen LogP contribution in [0, 0.1) is 19.3 Å². The van der Waals surface area contributed by atoms with Gasteiger partial charge in [0.2, 0.25) is 0 Å². The minimum atomic E-state index is -5.82. The first kappa shape index (κ1) is 37.3. The summed E-state index contributed by atoms with van der Waals surface area (Å²) in [7, 11) is -11.6. The second-order valence-corrected chi connectivity index (χ2v) is 11.6. The third kappa shape index (κ3) is 11.2. The molecule has 2 atom stereocenters. The van der Waals surface area contributed by atoms with Crippen molar-refractivity contribution in [3.05, 3.63) is 52.8 Å². The molecule has 0 aromatic heterocycles. The van der Waals surface area contributed by atoms with Crippen LogP contribution in [0.5, 0.6) is 0 Å². The summed E-state index contributed by atoms with van der Waals surface area (Å²) in [5.74, 6) is -1.38. The van der Waals surface area contributed by atoms with Crippen LogP contribution in [0.15, 0.2) is 30.3 Å². The average molecular weight is 582 g/mol. The molecule has 0 amide bonds. The second kappa shape index (κ2) is 14.3. The summed E-state index contributed by atoms with van der Waals surface area (Å²) >= 11 is 0. The molecule has 16 heteroatoms. The molecule has 0 saturated carbocycles. The quantitative estimate of drug-likeness (QED) is 0.195. The SMILES string of the molecule is CC(C)[C@H](CN(Cc1ccccc1)C[C@H]([N-]S(=O)(=O)C(F)(F)F)C(C)C)[N-]S(=O)(=O)C(F)(F)F.[Al+3].[CH3-]. The molecule has 1 aromatic rings. The Bertz CT molecular complexity index is 929. The summed E-state index contributed by atoms with van der Waals surface area (Å²) in [6.45, 7) is 4.96. The van der Waals surface area contributed by atoms with Gasteiger partial charge in [-0.3, -0.25) is 0 Å². The molecule has 1 aromatic carbocycles. The van der Waals surface area contributed by atoms with Gasteiger partial charge in [-0.2, -0.15) is 26.3 Å². The Morgan fingerprint density at radius 1 is 0.750 bits per heavy atom. The van der Waals surface area contributed by atoms with Gasteiger partial charge in [-0.25, -0.2) is 16.8 Å². The predicted octanol–water partition coefficient (Wildman–Crippen LogP) is 5.05. The zero-order chi connectivity index (χ0) is 26.5. The van der Waals surface area contributed by atoms with Crippen molar-refractivity contribution in [2.45, 2.75) is 57.3 Å². The molecule has 0 aliphatic rings. The molecule has 0 aliphatic heterocycles. The maximum atomic E-state index is 12.9. The number of sulfonamides is 2. The van der Waals surface area contributed by atoms with Crippen LogP contribution in [0.3, 0.4) is 0 Å². The molecule has 206 valence electrons. The van der Waals surface area contributed by atoms with Crippen molar-refractivity contribution < 1.29 is 43.2 Å². The van der Waals surface area contributed by atoms with Crippen molar-refractivity contribution in [3.8, 4) is 0 Å². The van der Waals surface area contributed by atoms with Crippen LogP contribution in [0.4, 0.5) is 26.3 Å². The largest absolute Gasteiger partial charge is 3.00 e. The minimum Gasteiger partial charge on any atom is -0.537 e. The van der Waals surface area contributed by atoms with Crippen molar-refractivity contribution in [2.24, 2.45) is 11.8 Å². The standard InChI is InChI=1S/C19H27F6N3O4S2.CH3.Al/c1-13(2)16(26-33(29,30)18(20,21)22)11-28(10-15-8-6-5-7-9-15)12-17(14(3)4)27-34(31,32)19(23,24)25;;/h5-9,13-14,16-17H,10-12H2,1-4H3;1H3;/q-2;-1;+3/t16-,17-;;/m0../s1. The molecule has 0 saturated heterocycles. The molecule has 0 heterocycles. The van der Waals surface area contributed by atoms with Gasteiger partial charge >= 0.3 is 28.4 Å². The number of alkyl halides is 6. The molecule has 0 spiro atoms. The fraction of sp³-hybridized carbons (Fsp3) is 0.650. The Morgan fingerprint density at radius 3 is 1.36 bits per heavy atom. The van der Waals surface area contributed by atoms with Gasteiger partial charge in [-0.1, -0.05) is 69.9 Å². The van der Waals surface area contributed by atoms with Gasteiger partial charge in [-0.15, -0.1) is 12.1 Å². The molecule has 0 fully saturated rings. The first-order valence-electron chi connectivity index (χ1n) is 10.1. The molecule has 0 N–H and O–H groups in total. The maximum Gasteiger partial charge on any atom is 3.00 e. The van der Waals surface area contributed by atoms with Crippen molar-refractivity contribution >= 4 is 37.4 Å². The number of nitrogens with zero attached hydrogens (tertiary/aromatic N) is 3. The summed E-state index contributed by atoms with van der Waals surface area (Å²) < 4.78 is 130. The average Bonchev–Trinajstić information content (AvgIpc) is 2.65. The zero-order valence-electron chi connectivity index (χ0n) is 20.5. The van der Waals surface area contributed by atoms with Crippen LogP contribution in [0.2, 0.25) is 0 Å². The van der Waals surface area contributed by atoms with Gasteiger partial charge in [0.15, 0.2) is 20.0 Å². The topological polar surface area (TPSA) is 99.7 Å². The van der Waals surface area contributed by atoms with Gasteiger partial charge in [0, 0.05) is 6.54 Å². The molecular weight excluding hydrogens is 551 g/mol. The summed E-state index contributed by atoms with van der Waals surface area (Å²) in [4.78, 5) is 1.36. The molecule has 36 heavy (non-hydrogen) atoms. The smallest absolute Gasteiger partial charge is 0.537 e. The van der Waals surface area contributed by atoms with E-state index in [4.69, 9.17) is 0 Å². The van der Waals surface area contributed by atoms with Crippen molar-refractivity contribution in [1.82, 2.24) is 4.90 Å². The van der Waals surface area contributed by atoms with Gasteiger partial charge in [0.1, 0.15) is 0 Å². The number of benzene rings is 1. The third-order valence-corrected chi connectivity index (χ3v) is 7.08. The van der Waals surface area contributed by atoms with Crippen LogP contribution in [0.1, 0.15) is 33.3 Å². The number of rotatable bonds is 12. The van der Waals surface area contributed by atoms with Crippen LogP contribution < -0.4 is 0 Å². The Balaban J connectivity index is 0. The van der Waals surface area contributed by atoms with Crippen LogP contribution in [0.25, 0.3) is 9.44 Å². The predicted molar refractivity (Wildman–Crippen MR) is 128 cm³/mol. The van der Waals surface area contributed by atoms with Gasteiger partial charge in [0.05, 0.1) is 0 Å². The van der Waals surface area contributed by atoms with E-state index in [1.807, 2.05) is 0 Å². The Labute approximate surface area is 220 Å². The minimum absolute atomic E-state index is 0. The first-order chi connectivity index (χ1) is 15.3. The van der Waals surface area contributed by atoms with E-state index in [-0.39, 0.29) is 31.3 Å². The molecule has 7 nitrogen and oxygen atoms in total. The van der Waals surface area contributed by atoms with E-state index < -0.39 is 68.1 Å². The third-order valence-electron chi connectivity index (χ3n) is 4.81. The molecule has 0 aliphatic carbocycles. The summed E-state index contributed by atoms with van der Waals surface area (Å²) in [6.07, 6.45) is 0. The van der Waals surface area contributed by atoms with Gasteiger partial charge in [0.25, 0.3) is 0 Å². The van der Waals surface area contributed by atoms with E-state index in [1.54, 1.807) is 30.3 Å². The first-order valence-corrected chi connectivity index (χ1v) is 13.0. The van der Waals surface area contributed by atoms with Crippen molar-refractivity contribution in [3.63, 3.8) is 0 Å². The summed E-state index contributed by atoms with van der Waals surface area (Å²) in [6, 6.07) is 5.50. The van der Waals surface area contributed by atoms with Crippen LogP contribution >= 0.6 is 0 Å². The zero-order valence-corrected chi connectivity index (χ0v) is 23.2. The van der Waals surface area contributed by atoms with Crippen molar-refractivity contribution in [1.29, 1.82) is 0 Å². The number of hydrogen-bond acceptors (Lipinski definition) is 5. The fourth-order valence-corrected chi connectivity index (χ4v) is 4.35. The van der Waals surface area contributed by atoms with Crippen LogP contribution in [-0.4, -0.2) is 75.3 Å². The van der Waals surface area contributed by atoms with E-state index in [2.05, 4.69) is 9.44 Å². The molecule has 0 bridgehead atoms. The van der Waals surface area contributed by atoms with E-state index in [0.717, 1.165) is 0 Å². The Kier molecular flexibility index (Phi) is 14.8. The number of hydrogen-bond donors (Lipinski definition) is 0. The van der Waals surface area contributed by atoms with E-state index in [1.165, 1.54) is 32.6 Å². The summed E-state index contributed by atoms with van der Waals surface area (Å²) in [5, 5.41) is 0.